The van der Waals surface area contributed by atoms with Crippen molar-refractivity contribution in [2.24, 2.45) is 0 Å². The SMILES string of the molecule is C=CC(C)(CCC=C(C)C)OC(=O)Cc1ccccc1. The summed E-state index contributed by atoms with van der Waals surface area (Å²) in [5.74, 6) is -0.212. The molecular weight excluding hydrogens is 248 g/mol. The minimum absolute atomic E-state index is 0.212. The Balaban J connectivity index is 2.56. The maximum atomic E-state index is 12.0. The van der Waals surface area contributed by atoms with Crippen LogP contribution in [0.25, 0.3) is 0 Å². The third kappa shape index (κ3) is 5.87. The van der Waals surface area contributed by atoms with Crippen molar-refractivity contribution in [1.82, 2.24) is 0 Å². The van der Waals surface area contributed by atoms with Crippen LogP contribution in [-0.4, -0.2) is 11.6 Å². The lowest BCUT2D eigenvalue weighted by Crippen LogP contribution is -2.30. The number of carbonyl (C=O) groups is 1. The molecule has 20 heavy (non-hydrogen) atoms. The molecule has 0 N–H and O–H groups in total. The summed E-state index contributed by atoms with van der Waals surface area (Å²) in [5, 5.41) is 0. The largest absolute Gasteiger partial charge is 0.455 e. The van der Waals surface area contributed by atoms with Gasteiger partial charge in [-0.05, 0) is 45.3 Å². The van der Waals surface area contributed by atoms with Crippen LogP contribution in [0.1, 0.15) is 39.2 Å². The predicted octanol–water partition coefficient (Wildman–Crippen LogP) is 4.46. The molecule has 0 aliphatic carbocycles. The van der Waals surface area contributed by atoms with Gasteiger partial charge in [0, 0.05) is 0 Å². The Bertz CT molecular complexity index is 469. The fraction of sp³-hybridized carbons (Fsp3) is 0.389. The summed E-state index contributed by atoms with van der Waals surface area (Å²) in [6.45, 7) is 9.82. The van der Waals surface area contributed by atoms with Crippen LogP contribution in [0.2, 0.25) is 0 Å². The van der Waals surface area contributed by atoms with Crippen molar-refractivity contribution >= 4 is 5.97 Å². The monoisotopic (exact) mass is 272 g/mol. The van der Waals surface area contributed by atoms with E-state index in [0.717, 1.165) is 18.4 Å². The normalized spacial score (nSPS) is 13.2. The maximum Gasteiger partial charge on any atom is 0.311 e. The first-order valence-corrected chi connectivity index (χ1v) is 6.98. The molecule has 1 unspecified atom stereocenters. The molecule has 2 heteroatoms. The minimum atomic E-state index is -0.599. The van der Waals surface area contributed by atoms with E-state index in [4.69, 9.17) is 4.74 Å². The van der Waals surface area contributed by atoms with Crippen LogP contribution in [-0.2, 0) is 16.0 Å². The van der Waals surface area contributed by atoms with Crippen LogP contribution in [0, 0.1) is 0 Å². The average Bonchev–Trinajstić information content (AvgIpc) is 2.39. The molecule has 1 aromatic carbocycles. The quantitative estimate of drug-likeness (QED) is 0.541. The fourth-order valence-electron chi connectivity index (χ4n) is 1.90. The third-order valence-corrected chi connectivity index (χ3v) is 3.16. The summed E-state index contributed by atoms with van der Waals surface area (Å²) in [6, 6.07) is 9.63. The Morgan fingerprint density at radius 1 is 1.30 bits per heavy atom. The van der Waals surface area contributed by atoms with Crippen molar-refractivity contribution in [3.63, 3.8) is 0 Å². The molecule has 2 nitrogen and oxygen atoms in total. The highest BCUT2D eigenvalue weighted by atomic mass is 16.6. The average molecular weight is 272 g/mol. The van der Waals surface area contributed by atoms with Crippen molar-refractivity contribution in [2.75, 3.05) is 0 Å². The maximum absolute atomic E-state index is 12.0. The number of benzene rings is 1. The lowest BCUT2D eigenvalue weighted by Gasteiger charge is -2.25. The molecule has 0 aliphatic rings. The summed E-state index contributed by atoms with van der Waals surface area (Å²) >= 11 is 0. The van der Waals surface area contributed by atoms with Gasteiger partial charge in [-0.3, -0.25) is 4.79 Å². The van der Waals surface area contributed by atoms with Gasteiger partial charge in [0.05, 0.1) is 6.42 Å². The van der Waals surface area contributed by atoms with Gasteiger partial charge >= 0.3 is 5.97 Å². The molecule has 0 saturated heterocycles. The van der Waals surface area contributed by atoms with E-state index in [1.54, 1.807) is 6.08 Å². The molecule has 0 spiro atoms. The Morgan fingerprint density at radius 3 is 2.50 bits per heavy atom. The second-order valence-electron chi connectivity index (χ2n) is 5.47. The van der Waals surface area contributed by atoms with Crippen molar-refractivity contribution in [3.05, 3.63) is 60.2 Å². The molecule has 108 valence electrons. The molecule has 0 bridgehead atoms. The Morgan fingerprint density at radius 2 is 1.95 bits per heavy atom. The molecule has 0 aliphatic heterocycles. The molecule has 0 radical (unpaired) electrons. The number of ether oxygens (including phenoxy) is 1. The molecule has 0 saturated carbocycles. The van der Waals surface area contributed by atoms with E-state index in [9.17, 15) is 4.79 Å². The molecule has 0 fully saturated rings. The first-order chi connectivity index (χ1) is 9.45. The topological polar surface area (TPSA) is 26.3 Å². The van der Waals surface area contributed by atoms with Crippen LogP contribution >= 0.6 is 0 Å². The van der Waals surface area contributed by atoms with Gasteiger partial charge in [-0.25, -0.2) is 0 Å². The van der Waals surface area contributed by atoms with Crippen molar-refractivity contribution < 1.29 is 9.53 Å². The van der Waals surface area contributed by atoms with Gasteiger partial charge in [0.25, 0.3) is 0 Å². The zero-order valence-corrected chi connectivity index (χ0v) is 12.7. The number of hydrogen-bond acceptors (Lipinski definition) is 2. The van der Waals surface area contributed by atoms with E-state index in [-0.39, 0.29) is 5.97 Å². The van der Waals surface area contributed by atoms with E-state index in [1.165, 1.54) is 5.57 Å². The van der Waals surface area contributed by atoms with Crippen LogP contribution < -0.4 is 0 Å². The summed E-state index contributed by atoms with van der Waals surface area (Å²) in [7, 11) is 0. The van der Waals surface area contributed by atoms with E-state index in [0.29, 0.717) is 6.42 Å². The standard InChI is InChI=1S/C18H24O2/c1-5-18(4,13-9-10-15(2)3)20-17(19)14-16-11-7-6-8-12-16/h5-8,10-12H,1,9,13-14H2,2-4H3. The van der Waals surface area contributed by atoms with E-state index < -0.39 is 5.60 Å². The van der Waals surface area contributed by atoms with E-state index >= 15 is 0 Å². The number of esters is 1. The van der Waals surface area contributed by atoms with Gasteiger partial charge in [0.1, 0.15) is 5.60 Å². The Kier molecular flexibility index (Phi) is 6.23. The molecule has 1 rings (SSSR count). The number of carbonyl (C=O) groups excluding carboxylic acids is 1. The molecule has 0 aromatic heterocycles. The summed E-state index contributed by atoms with van der Waals surface area (Å²) in [6.07, 6.45) is 5.79. The van der Waals surface area contributed by atoms with Crippen molar-refractivity contribution in [3.8, 4) is 0 Å². The lowest BCUT2D eigenvalue weighted by atomic mass is 9.99. The van der Waals surface area contributed by atoms with Gasteiger partial charge in [-0.15, -0.1) is 0 Å². The highest BCUT2D eigenvalue weighted by Crippen LogP contribution is 2.21. The molecule has 1 aromatic rings. The second-order valence-corrected chi connectivity index (χ2v) is 5.47. The molecular formula is C18H24O2. The van der Waals surface area contributed by atoms with Crippen molar-refractivity contribution in [1.29, 1.82) is 0 Å². The minimum Gasteiger partial charge on any atom is -0.455 e. The zero-order valence-electron chi connectivity index (χ0n) is 12.7. The van der Waals surface area contributed by atoms with Crippen LogP contribution in [0.4, 0.5) is 0 Å². The number of allylic oxidation sites excluding steroid dienone is 2. The highest BCUT2D eigenvalue weighted by molar-refractivity contribution is 5.73. The number of hydrogen-bond donors (Lipinski definition) is 0. The van der Waals surface area contributed by atoms with Gasteiger partial charge < -0.3 is 4.74 Å². The molecule has 0 amide bonds. The molecule has 0 heterocycles. The summed E-state index contributed by atoms with van der Waals surface area (Å²) in [4.78, 5) is 12.0. The number of rotatable bonds is 7. The van der Waals surface area contributed by atoms with Crippen LogP contribution in [0.3, 0.4) is 0 Å². The summed E-state index contributed by atoms with van der Waals surface area (Å²) in [5.41, 5.74) is 1.64. The van der Waals surface area contributed by atoms with Gasteiger partial charge in [0.15, 0.2) is 0 Å². The second kappa shape index (κ2) is 7.68. The van der Waals surface area contributed by atoms with Crippen LogP contribution in [0.5, 0.6) is 0 Å². The predicted molar refractivity (Wildman–Crippen MR) is 83.5 cm³/mol. The van der Waals surface area contributed by atoms with E-state index in [2.05, 4.69) is 26.5 Å². The fourth-order valence-corrected chi connectivity index (χ4v) is 1.90. The lowest BCUT2D eigenvalue weighted by molar-refractivity contribution is -0.153. The van der Waals surface area contributed by atoms with Crippen LogP contribution in [0.15, 0.2) is 54.6 Å². The van der Waals surface area contributed by atoms with Gasteiger partial charge in [-0.1, -0.05) is 48.6 Å². The Labute approximate surface area is 122 Å². The first kappa shape index (κ1) is 16.2. The third-order valence-electron chi connectivity index (χ3n) is 3.16. The molecule has 1 atom stereocenters. The van der Waals surface area contributed by atoms with E-state index in [1.807, 2.05) is 37.3 Å². The highest BCUT2D eigenvalue weighted by Gasteiger charge is 2.24. The Hall–Kier alpha value is -1.83. The summed E-state index contributed by atoms with van der Waals surface area (Å²) < 4.78 is 5.59. The van der Waals surface area contributed by atoms with Gasteiger partial charge in [0.2, 0.25) is 0 Å². The first-order valence-electron chi connectivity index (χ1n) is 6.98. The van der Waals surface area contributed by atoms with Crippen molar-refractivity contribution in [2.45, 2.75) is 45.6 Å². The zero-order chi connectivity index (χ0) is 15.0. The smallest absolute Gasteiger partial charge is 0.311 e. The van der Waals surface area contributed by atoms with Gasteiger partial charge in [-0.2, -0.15) is 0 Å².